The Morgan fingerprint density at radius 3 is 2.75 bits per heavy atom. The molecule has 2 aromatic heterocycles. The molecule has 28 heavy (non-hydrogen) atoms. The number of para-hydroxylation sites is 1. The number of nitrogens with zero attached hydrogens (tertiary/aromatic N) is 6. The van der Waals surface area contributed by atoms with Crippen LogP contribution in [0.2, 0.25) is 5.02 Å². The first-order valence-corrected chi connectivity index (χ1v) is 9.65. The molecule has 0 amide bonds. The number of aryl methyl sites for hydroxylation is 1. The van der Waals surface area contributed by atoms with Crippen LogP contribution >= 0.6 is 11.6 Å². The second-order valence-electron chi connectivity index (χ2n) is 6.89. The summed E-state index contributed by atoms with van der Waals surface area (Å²) < 4.78 is 7.39. The van der Waals surface area contributed by atoms with E-state index in [9.17, 15) is 5.11 Å². The summed E-state index contributed by atoms with van der Waals surface area (Å²) in [6.07, 6.45) is 2.82. The second-order valence-corrected chi connectivity index (χ2v) is 7.29. The first kappa shape index (κ1) is 18.9. The summed E-state index contributed by atoms with van der Waals surface area (Å²) in [5, 5.41) is 16.1. The maximum atomic E-state index is 10.3. The second kappa shape index (κ2) is 8.30. The minimum Gasteiger partial charge on any atom is -0.489 e. The van der Waals surface area contributed by atoms with E-state index >= 15 is 0 Å². The lowest BCUT2D eigenvalue weighted by molar-refractivity contribution is 0.0663. The summed E-state index contributed by atoms with van der Waals surface area (Å²) in [6, 6.07) is 7.28. The number of benzene rings is 1. The number of β-amino-alcohol motifs (C(OH)–C–C–N with tert-alkyl or cyclic N) is 1. The zero-order chi connectivity index (χ0) is 19.5. The maximum absolute atomic E-state index is 10.3. The molecule has 1 saturated heterocycles. The molecule has 8 nitrogen and oxygen atoms in total. The van der Waals surface area contributed by atoms with Crippen LogP contribution in [-0.2, 0) is 7.05 Å². The van der Waals surface area contributed by atoms with E-state index in [0.29, 0.717) is 17.3 Å². The van der Waals surface area contributed by atoms with Crippen molar-refractivity contribution in [2.45, 2.75) is 6.10 Å². The van der Waals surface area contributed by atoms with Crippen LogP contribution in [0.5, 0.6) is 5.75 Å². The number of halogens is 1. The van der Waals surface area contributed by atoms with Crippen molar-refractivity contribution in [1.29, 1.82) is 0 Å². The molecule has 0 bridgehead atoms. The molecule has 1 aliphatic rings. The molecule has 1 unspecified atom stereocenters. The Morgan fingerprint density at radius 1 is 1.18 bits per heavy atom. The third-order valence-corrected chi connectivity index (χ3v) is 5.23. The maximum Gasteiger partial charge on any atom is 0.163 e. The van der Waals surface area contributed by atoms with E-state index in [4.69, 9.17) is 16.3 Å². The van der Waals surface area contributed by atoms with Crippen LogP contribution < -0.4 is 9.64 Å². The summed E-state index contributed by atoms with van der Waals surface area (Å²) in [4.78, 5) is 13.2. The summed E-state index contributed by atoms with van der Waals surface area (Å²) >= 11 is 6.08. The predicted molar refractivity (Wildman–Crippen MR) is 108 cm³/mol. The fourth-order valence-electron chi connectivity index (χ4n) is 3.44. The first-order chi connectivity index (χ1) is 13.6. The lowest BCUT2D eigenvalue weighted by Crippen LogP contribution is -2.49. The van der Waals surface area contributed by atoms with Gasteiger partial charge in [0.1, 0.15) is 30.6 Å². The van der Waals surface area contributed by atoms with Crippen LogP contribution in [0.4, 0.5) is 5.82 Å². The fraction of sp³-hybridized carbons (Fsp3) is 0.421. The molecule has 1 aliphatic heterocycles. The van der Waals surface area contributed by atoms with Gasteiger partial charge in [0.05, 0.1) is 16.6 Å². The Morgan fingerprint density at radius 2 is 1.96 bits per heavy atom. The summed E-state index contributed by atoms with van der Waals surface area (Å²) in [6.45, 7) is 4.12. The molecule has 4 rings (SSSR count). The van der Waals surface area contributed by atoms with Crippen LogP contribution in [0.15, 0.2) is 36.8 Å². The van der Waals surface area contributed by atoms with Crippen LogP contribution in [-0.4, -0.2) is 75.2 Å². The Hall–Kier alpha value is -2.42. The monoisotopic (exact) mass is 402 g/mol. The third-order valence-electron chi connectivity index (χ3n) is 4.92. The van der Waals surface area contributed by atoms with Crippen molar-refractivity contribution >= 4 is 28.5 Å². The van der Waals surface area contributed by atoms with Crippen molar-refractivity contribution in [3.63, 3.8) is 0 Å². The molecule has 0 radical (unpaired) electrons. The number of ether oxygens (including phenoxy) is 1. The largest absolute Gasteiger partial charge is 0.489 e. The standard InChI is InChI=1S/C19H23ClN6O2/c1-24-18-15(10-23-24)19(22-13-21-18)26-8-6-25(7-9-26)11-14(27)12-28-17-5-3-2-4-16(17)20/h2-5,10,13-14,27H,6-9,11-12H2,1H3. The Labute approximate surface area is 168 Å². The van der Waals surface area contributed by atoms with Gasteiger partial charge in [0.2, 0.25) is 0 Å². The highest BCUT2D eigenvalue weighted by Gasteiger charge is 2.22. The average Bonchev–Trinajstić information content (AvgIpc) is 3.09. The van der Waals surface area contributed by atoms with Gasteiger partial charge < -0.3 is 14.7 Å². The van der Waals surface area contributed by atoms with Crippen molar-refractivity contribution in [2.75, 3.05) is 44.2 Å². The van der Waals surface area contributed by atoms with Crippen LogP contribution in [0.1, 0.15) is 0 Å². The van der Waals surface area contributed by atoms with E-state index < -0.39 is 6.10 Å². The lowest BCUT2D eigenvalue weighted by atomic mass is 10.2. The van der Waals surface area contributed by atoms with Gasteiger partial charge in [0.25, 0.3) is 0 Å². The van der Waals surface area contributed by atoms with E-state index in [1.165, 1.54) is 0 Å². The normalized spacial score (nSPS) is 16.5. The smallest absolute Gasteiger partial charge is 0.163 e. The Kier molecular flexibility index (Phi) is 5.61. The van der Waals surface area contributed by atoms with Crippen molar-refractivity contribution in [1.82, 2.24) is 24.6 Å². The van der Waals surface area contributed by atoms with Crippen LogP contribution in [0, 0.1) is 0 Å². The number of hydrogen-bond donors (Lipinski definition) is 1. The van der Waals surface area contributed by atoms with E-state index in [-0.39, 0.29) is 6.61 Å². The average molecular weight is 403 g/mol. The molecule has 3 aromatic rings. The van der Waals surface area contributed by atoms with E-state index in [1.54, 1.807) is 23.1 Å². The van der Waals surface area contributed by atoms with Crippen molar-refractivity contribution in [3.05, 3.63) is 41.8 Å². The highest BCUT2D eigenvalue weighted by molar-refractivity contribution is 6.32. The first-order valence-electron chi connectivity index (χ1n) is 9.27. The van der Waals surface area contributed by atoms with Crippen LogP contribution in [0.3, 0.4) is 0 Å². The van der Waals surface area contributed by atoms with E-state index in [0.717, 1.165) is 43.0 Å². The molecule has 1 atom stereocenters. The third kappa shape index (κ3) is 4.04. The van der Waals surface area contributed by atoms with Gasteiger partial charge in [-0.15, -0.1) is 0 Å². The number of aliphatic hydroxyl groups excluding tert-OH is 1. The minimum atomic E-state index is -0.577. The quantitative estimate of drug-likeness (QED) is 0.670. The van der Waals surface area contributed by atoms with Gasteiger partial charge in [0.15, 0.2) is 5.65 Å². The molecule has 9 heteroatoms. The van der Waals surface area contributed by atoms with E-state index in [2.05, 4.69) is 24.9 Å². The summed E-state index contributed by atoms with van der Waals surface area (Å²) in [7, 11) is 1.88. The Bertz CT molecular complexity index is 941. The van der Waals surface area contributed by atoms with Gasteiger partial charge in [-0.1, -0.05) is 23.7 Å². The van der Waals surface area contributed by atoms with Gasteiger partial charge in [-0.05, 0) is 12.1 Å². The van der Waals surface area contributed by atoms with Gasteiger partial charge in [-0.3, -0.25) is 9.58 Å². The zero-order valence-electron chi connectivity index (χ0n) is 15.7. The summed E-state index contributed by atoms with van der Waals surface area (Å²) in [5.41, 5.74) is 0.833. The van der Waals surface area contributed by atoms with E-state index in [1.807, 2.05) is 25.4 Å². The van der Waals surface area contributed by atoms with Crippen molar-refractivity contribution in [2.24, 2.45) is 7.05 Å². The number of rotatable bonds is 6. The lowest BCUT2D eigenvalue weighted by Gasteiger charge is -2.36. The SMILES string of the molecule is Cn1ncc2c(N3CCN(CC(O)COc4ccccc4Cl)CC3)ncnc21. The fourth-order valence-corrected chi connectivity index (χ4v) is 3.63. The highest BCUT2D eigenvalue weighted by Crippen LogP contribution is 2.24. The molecule has 148 valence electrons. The molecule has 0 saturated carbocycles. The molecule has 1 aromatic carbocycles. The van der Waals surface area contributed by atoms with Gasteiger partial charge in [-0.25, -0.2) is 9.97 Å². The number of anilines is 1. The van der Waals surface area contributed by atoms with Gasteiger partial charge in [0, 0.05) is 39.8 Å². The molecule has 0 spiro atoms. The number of aliphatic hydroxyl groups is 1. The van der Waals surface area contributed by atoms with Crippen molar-refractivity contribution in [3.8, 4) is 5.75 Å². The van der Waals surface area contributed by atoms with Gasteiger partial charge >= 0.3 is 0 Å². The van der Waals surface area contributed by atoms with Crippen molar-refractivity contribution < 1.29 is 9.84 Å². The topological polar surface area (TPSA) is 79.5 Å². The number of fused-ring (bicyclic) bond motifs is 1. The molecule has 1 N–H and O–H groups in total. The van der Waals surface area contributed by atoms with Crippen LogP contribution in [0.25, 0.3) is 11.0 Å². The summed E-state index contributed by atoms with van der Waals surface area (Å²) in [5.74, 6) is 1.51. The predicted octanol–water partition coefficient (Wildman–Crippen LogP) is 1.58. The Balaban J connectivity index is 1.30. The molecule has 0 aliphatic carbocycles. The molecule has 3 heterocycles. The minimum absolute atomic E-state index is 0.214. The molecular formula is C19H23ClN6O2. The van der Waals surface area contributed by atoms with Gasteiger partial charge in [-0.2, -0.15) is 5.10 Å². The number of piperazine rings is 1. The molecular weight excluding hydrogens is 380 g/mol. The number of aromatic nitrogens is 4. The zero-order valence-corrected chi connectivity index (χ0v) is 16.5. The number of hydrogen-bond acceptors (Lipinski definition) is 7. The molecule has 1 fully saturated rings. The highest BCUT2D eigenvalue weighted by atomic mass is 35.5.